The van der Waals surface area contributed by atoms with Crippen molar-refractivity contribution in [1.29, 1.82) is 0 Å². The van der Waals surface area contributed by atoms with E-state index in [1.54, 1.807) is 18.3 Å². The number of hydrogen-bond donors (Lipinski definition) is 0. The molecule has 102 valence electrons. The van der Waals surface area contributed by atoms with Crippen LogP contribution >= 0.6 is 0 Å². The standard InChI is InChI=1S/C17H17NO2/c1-12(19)14-9-10-17(18-11-14)20-16-8-4-6-13-5-2-3-7-15(13)16/h2-3,5,7,9-11,16H,4,6,8H2,1H3. The van der Waals surface area contributed by atoms with Crippen molar-refractivity contribution in [3.05, 3.63) is 59.3 Å². The van der Waals surface area contributed by atoms with Crippen molar-refractivity contribution >= 4 is 5.78 Å². The number of ketones is 1. The summed E-state index contributed by atoms with van der Waals surface area (Å²) in [6, 6.07) is 11.9. The maximum absolute atomic E-state index is 11.2. The van der Waals surface area contributed by atoms with E-state index in [9.17, 15) is 4.79 Å². The molecule has 3 rings (SSSR count). The van der Waals surface area contributed by atoms with Gasteiger partial charge in [-0.3, -0.25) is 4.79 Å². The summed E-state index contributed by atoms with van der Waals surface area (Å²) >= 11 is 0. The van der Waals surface area contributed by atoms with Gasteiger partial charge in [-0.05, 0) is 43.4 Å². The number of ether oxygens (including phenoxy) is 1. The number of benzene rings is 1. The first-order chi connectivity index (χ1) is 9.74. The number of pyridine rings is 1. The molecule has 0 bridgehead atoms. The summed E-state index contributed by atoms with van der Waals surface area (Å²) in [6.45, 7) is 1.54. The first-order valence-electron chi connectivity index (χ1n) is 6.95. The molecule has 3 heteroatoms. The van der Waals surface area contributed by atoms with E-state index in [0.29, 0.717) is 11.4 Å². The maximum Gasteiger partial charge on any atom is 0.213 e. The Balaban J connectivity index is 1.80. The third-order valence-corrected chi connectivity index (χ3v) is 3.72. The average molecular weight is 267 g/mol. The van der Waals surface area contributed by atoms with Gasteiger partial charge in [-0.1, -0.05) is 24.3 Å². The third kappa shape index (κ3) is 2.57. The molecule has 1 aliphatic rings. The molecule has 0 aliphatic heterocycles. The zero-order valence-corrected chi connectivity index (χ0v) is 11.5. The van der Waals surface area contributed by atoms with E-state index in [-0.39, 0.29) is 11.9 Å². The first-order valence-corrected chi connectivity index (χ1v) is 6.95. The van der Waals surface area contributed by atoms with E-state index in [4.69, 9.17) is 4.74 Å². The Hall–Kier alpha value is -2.16. The molecule has 0 spiro atoms. The number of hydrogen-bond acceptors (Lipinski definition) is 3. The molecular formula is C17H17NO2. The smallest absolute Gasteiger partial charge is 0.213 e. The fourth-order valence-electron chi connectivity index (χ4n) is 2.64. The summed E-state index contributed by atoms with van der Waals surface area (Å²) in [6.07, 6.45) is 4.90. The fraction of sp³-hybridized carbons (Fsp3) is 0.294. The lowest BCUT2D eigenvalue weighted by atomic mass is 9.89. The number of Topliss-reactive ketones (excluding diaryl/α,β-unsaturated/α-hetero) is 1. The molecular weight excluding hydrogens is 250 g/mol. The van der Waals surface area contributed by atoms with E-state index in [1.165, 1.54) is 18.1 Å². The molecule has 0 fully saturated rings. The van der Waals surface area contributed by atoms with Gasteiger partial charge in [0.25, 0.3) is 0 Å². The number of nitrogens with zero attached hydrogens (tertiary/aromatic N) is 1. The van der Waals surface area contributed by atoms with Crippen LogP contribution in [0.1, 0.15) is 47.4 Å². The molecule has 1 aromatic heterocycles. The quantitative estimate of drug-likeness (QED) is 0.795. The number of carbonyl (C=O) groups excluding carboxylic acids is 1. The van der Waals surface area contributed by atoms with Gasteiger partial charge in [-0.2, -0.15) is 0 Å². The molecule has 0 amide bonds. The van der Waals surface area contributed by atoms with Gasteiger partial charge in [0.15, 0.2) is 5.78 Å². The fourth-order valence-corrected chi connectivity index (χ4v) is 2.64. The first kappa shape index (κ1) is 12.9. The Morgan fingerprint density at radius 1 is 1.25 bits per heavy atom. The number of aryl methyl sites for hydroxylation is 1. The summed E-state index contributed by atoms with van der Waals surface area (Å²) in [5.74, 6) is 0.601. The minimum atomic E-state index is 0.0204. The number of aromatic nitrogens is 1. The van der Waals surface area contributed by atoms with Crippen LogP contribution in [0, 0.1) is 0 Å². The Kier molecular flexibility index (Phi) is 3.50. The lowest BCUT2D eigenvalue weighted by Crippen LogP contribution is -2.15. The van der Waals surface area contributed by atoms with Gasteiger partial charge in [-0.25, -0.2) is 4.98 Å². The van der Waals surface area contributed by atoms with Crippen LogP contribution in [0.3, 0.4) is 0 Å². The highest BCUT2D eigenvalue weighted by molar-refractivity contribution is 5.93. The van der Waals surface area contributed by atoms with Gasteiger partial charge >= 0.3 is 0 Å². The van der Waals surface area contributed by atoms with Gasteiger partial charge in [0, 0.05) is 17.8 Å². The SMILES string of the molecule is CC(=O)c1ccc(OC2CCCc3ccccc32)nc1. The molecule has 1 aliphatic carbocycles. The molecule has 1 unspecified atom stereocenters. The molecule has 20 heavy (non-hydrogen) atoms. The monoisotopic (exact) mass is 267 g/mol. The minimum absolute atomic E-state index is 0.0204. The Labute approximate surface area is 118 Å². The van der Waals surface area contributed by atoms with Crippen LogP contribution < -0.4 is 4.74 Å². The Morgan fingerprint density at radius 2 is 2.10 bits per heavy atom. The topological polar surface area (TPSA) is 39.2 Å². The molecule has 0 saturated heterocycles. The van der Waals surface area contributed by atoms with Crippen LogP contribution in [-0.2, 0) is 6.42 Å². The second kappa shape index (κ2) is 5.45. The van der Waals surface area contributed by atoms with E-state index < -0.39 is 0 Å². The highest BCUT2D eigenvalue weighted by atomic mass is 16.5. The highest BCUT2D eigenvalue weighted by Crippen LogP contribution is 2.32. The highest BCUT2D eigenvalue weighted by Gasteiger charge is 2.21. The molecule has 2 aromatic rings. The lowest BCUT2D eigenvalue weighted by molar-refractivity contribution is 0.101. The van der Waals surface area contributed by atoms with Gasteiger partial charge in [0.05, 0.1) is 0 Å². The van der Waals surface area contributed by atoms with E-state index in [1.807, 2.05) is 6.07 Å². The van der Waals surface area contributed by atoms with Crippen LogP contribution in [-0.4, -0.2) is 10.8 Å². The molecule has 1 atom stereocenters. The predicted molar refractivity (Wildman–Crippen MR) is 77.0 cm³/mol. The molecule has 0 radical (unpaired) electrons. The van der Waals surface area contributed by atoms with Crippen LogP contribution in [0.25, 0.3) is 0 Å². The van der Waals surface area contributed by atoms with E-state index in [2.05, 4.69) is 23.2 Å². The van der Waals surface area contributed by atoms with Crippen molar-refractivity contribution in [3.8, 4) is 5.88 Å². The molecule has 1 heterocycles. The second-order valence-corrected chi connectivity index (χ2v) is 5.14. The molecule has 3 nitrogen and oxygen atoms in total. The van der Waals surface area contributed by atoms with Gasteiger partial charge in [0.2, 0.25) is 5.88 Å². The van der Waals surface area contributed by atoms with Crippen molar-refractivity contribution in [1.82, 2.24) is 4.98 Å². The van der Waals surface area contributed by atoms with E-state index in [0.717, 1.165) is 19.3 Å². The van der Waals surface area contributed by atoms with Gasteiger partial charge in [-0.15, -0.1) is 0 Å². The van der Waals surface area contributed by atoms with Crippen LogP contribution in [0.4, 0.5) is 0 Å². The van der Waals surface area contributed by atoms with Gasteiger partial charge in [0.1, 0.15) is 6.10 Å². The van der Waals surface area contributed by atoms with Crippen molar-refractivity contribution in [2.75, 3.05) is 0 Å². The summed E-state index contributed by atoms with van der Waals surface area (Å²) in [5.41, 5.74) is 3.24. The molecule has 0 N–H and O–H groups in total. The van der Waals surface area contributed by atoms with Crippen molar-refractivity contribution in [2.45, 2.75) is 32.3 Å². The van der Waals surface area contributed by atoms with Gasteiger partial charge < -0.3 is 4.74 Å². The number of carbonyl (C=O) groups is 1. The van der Waals surface area contributed by atoms with E-state index >= 15 is 0 Å². The third-order valence-electron chi connectivity index (χ3n) is 3.72. The van der Waals surface area contributed by atoms with Crippen LogP contribution in [0.15, 0.2) is 42.6 Å². The summed E-state index contributed by atoms with van der Waals surface area (Å²) in [7, 11) is 0. The summed E-state index contributed by atoms with van der Waals surface area (Å²) in [4.78, 5) is 15.5. The summed E-state index contributed by atoms with van der Waals surface area (Å²) < 4.78 is 5.99. The number of fused-ring (bicyclic) bond motifs is 1. The predicted octanol–water partition coefficient (Wildman–Crippen LogP) is 3.74. The van der Waals surface area contributed by atoms with Crippen molar-refractivity contribution in [2.24, 2.45) is 0 Å². The zero-order valence-electron chi connectivity index (χ0n) is 11.5. The second-order valence-electron chi connectivity index (χ2n) is 5.14. The Bertz CT molecular complexity index is 619. The average Bonchev–Trinajstić information content (AvgIpc) is 2.48. The Morgan fingerprint density at radius 3 is 2.85 bits per heavy atom. The van der Waals surface area contributed by atoms with Crippen LogP contribution in [0.2, 0.25) is 0 Å². The minimum Gasteiger partial charge on any atom is -0.469 e. The molecule has 0 saturated carbocycles. The molecule has 1 aromatic carbocycles. The largest absolute Gasteiger partial charge is 0.469 e. The van der Waals surface area contributed by atoms with Crippen molar-refractivity contribution in [3.63, 3.8) is 0 Å². The lowest BCUT2D eigenvalue weighted by Gasteiger charge is -2.25. The zero-order chi connectivity index (χ0) is 13.9. The van der Waals surface area contributed by atoms with Crippen molar-refractivity contribution < 1.29 is 9.53 Å². The summed E-state index contributed by atoms with van der Waals surface area (Å²) in [5, 5.41) is 0. The normalized spacial score (nSPS) is 17.4. The van der Waals surface area contributed by atoms with Crippen LogP contribution in [0.5, 0.6) is 5.88 Å². The maximum atomic E-state index is 11.2. The number of rotatable bonds is 3.